The topological polar surface area (TPSA) is 309 Å². The molecule has 4 aromatic rings. The molecule has 0 unspecified atom stereocenters. The summed E-state index contributed by atoms with van der Waals surface area (Å²) in [6, 6.07) is 16.2. The lowest BCUT2D eigenvalue weighted by Crippen LogP contribution is -2.20. The van der Waals surface area contributed by atoms with E-state index >= 15 is 0 Å². The highest BCUT2D eigenvalue weighted by molar-refractivity contribution is 6.01. The van der Waals surface area contributed by atoms with Gasteiger partial charge in [-0.05, 0) is 79.2 Å². The molecule has 0 saturated carbocycles. The van der Waals surface area contributed by atoms with Crippen molar-refractivity contribution in [3.05, 3.63) is 101 Å². The highest BCUT2D eigenvalue weighted by atomic mass is 16.7. The second kappa shape index (κ2) is 16.8. The number of anilines is 2. The summed E-state index contributed by atoms with van der Waals surface area (Å²) < 4.78 is 5.40. The molecule has 0 aliphatic rings. The number of benzene rings is 4. The number of ether oxygens (including phenoxy) is 1. The van der Waals surface area contributed by atoms with Crippen LogP contribution < -0.4 is 39.0 Å². The maximum atomic E-state index is 12.9. The molecule has 0 radical (unpaired) electrons. The Kier molecular flexibility index (Phi) is 12.1. The van der Waals surface area contributed by atoms with E-state index in [0.717, 1.165) is 6.07 Å². The highest BCUT2D eigenvalue weighted by Crippen LogP contribution is 2.32. The van der Waals surface area contributed by atoms with Crippen molar-refractivity contribution < 1.29 is 48.1 Å². The summed E-state index contributed by atoms with van der Waals surface area (Å²) in [5.41, 5.74) is 1.82. The van der Waals surface area contributed by atoms with Crippen molar-refractivity contribution in [2.24, 2.45) is 44.0 Å². The van der Waals surface area contributed by atoms with Crippen LogP contribution in [0.4, 0.5) is 38.9 Å². The third-order valence-corrected chi connectivity index (χ3v) is 6.66. The van der Waals surface area contributed by atoms with Gasteiger partial charge in [-0.1, -0.05) is 0 Å². The lowest BCUT2D eigenvalue weighted by molar-refractivity contribution is 0.0484. The molecule has 0 aliphatic carbocycles. The maximum absolute atomic E-state index is 12.9. The van der Waals surface area contributed by atoms with E-state index in [1.807, 2.05) is 0 Å². The van der Waals surface area contributed by atoms with Crippen molar-refractivity contribution >= 4 is 64.0 Å². The molecule has 51 heavy (non-hydrogen) atoms. The second-order valence-corrected chi connectivity index (χ2v) is 10.0. The molecule has 0 aliphatic heterocycles. The van der Waals surface area contributed by atoms with Crippen LogP contribution in [0, 0.1) is 6.92 Å². The summed E-state index contributed by atoms with van der Waals surface area (Å²) in [6.07, 6.45) is 0. The van der Waals surface area contributed by atoms with Crippen LogP contribution in [0.2, 0.25) is 0 Å². The average Bonchev–Trinajstić information content (AvgIpc) is 3.15. The summed E-state index contributed by atoms with van der Waals surface area (Å²) in [5, 5.41) is 21.7. The molecule has 4 rings (SSSR count). The number of aryl methyl sites for hydroxylation is 1. The smallest absolute Gasteiger partial charge is 0.356 e. The molecule has 10 N–H and O–H groups in total. The lowest BCUT2D eigenvalue weighted by atomic mass is 10.1. The van der Waals surface area contributed by atoms with Gasteiger partial charge < -0.3 is 34.7 Å². The number of nitrogens with one attached hydrogen (secondary N) is 2. The Hall–Kier alpha value is -7.13. The minimum Gasteiger partial charge on any atom is -0.494 e. The Bertz CT molecular complexity index is 2000. The maximum Gasteiger partial charge on any atom is 0.356 e. The van der Waals surface area contributed by atoms with E-state index in [1.165, 1.54) is 55.6 Å². The number of urea groups is 1. The molecule has 0 heterocycles. The van der Waals surface area contributed by atoms with Crippen molar-refractivity contribution in [1.29, 1.82) is 0 Å². The Balaban J connectivity index is 1.46. The Morgan fingerprint density at radius 3 is 1.27 bits per heavy atom. The van der Waals surface area contributed by atoms with E-state index in [2.05, 4.69) is 50.4 Å². The minimum absolute atomic E-state index is 0.0771. The van der Waals surface area contributed by atoms with E-state index in [-0.39, 0.29) is 50.8 Å². The predicted octanol–water partition coefficient (Wildman–Crippen LogP) is 4.60. The number of nitrogens with zero attached hydrogens (tertiary/aromatic N) is 4. The molecule has 2 amide bonds. The minimum atomic E-state index is -0.935. The van der Waals surface area contributed by atoms with Gasteiger partial charge >= 0.3 is 29.9 Å². The van der Waals surface area contributed by atoms with Gasteiger partial charge in [0.1, 0.15) is 5.75 Å². The van der Waals surface area contributed by atoms with E-state index in [9.17, 15) is 24.0 Å². The number of hydrogen-bond acceptors (Lipinski definition) is 18. The zero-order valence-electron chi connectivity index (χ0n) is 26.6. The molecule has 0 aromatic heterocycles. The first-order chi connectivity index (χ1) is 24.5. The van der Waals surface area contributed by atoms with Gasteiger partial charge in [-0.15, -0.1) is 0 Å². The summed E-state index contributed by atoms with van der Waals surface area (Å²) in [4.78, 5) is 77.3. The van der Waals surface area contributed by atoms with Crippen LogP contribution in [-0.2, 0) is 19.4 Å². The van der Waals surface area contributed by atoms with Crippen LogP contribution in [0.25, 0.3) is 0 Å². The van der Waals surface area contributed by atoms with Crippen molar-refractivity contribution in [2.75, 3.05) is 17.7 Å². The number of carbonyl (C=O) groups is 5. The molecule has 0 atom stereocenters. The largest absolute Gasteiger partial charge is 0.494 e. The Morgan fingerprint density at radius 1 is 0.510 bits per heavy atom. The van der Waals surface area contributed by atoms with Gasteiger partial charge in [-0.2, -0.15) is 44.0 Å². The fraction of sp³-hybridized carbons (Fsp3) is 0.0645. The fourth-order valence-electron chi connectivity index (χ4n) is 4.28. The number of hydrogen-bond donors (Lipinski definition) is 6. The normalized spacial score (nSPS) is 10.8. The number of carbonyl (C=O) groups excluding carboxylic acids is 5. The van der Waals surface area contributed by atoms with Crippen LogP contribution in [0.15, 0.2) is 93.3 Å². The number of methoxy groups -OCH3 is 1. The quantitative estimate of drug-likeness (QED) is 0.0920. The Morgan fingerprint density at radius 2 is 0.882 bits per heavy atom. The van der Waals surface area contributed by atoms with Crippen LogP contribution >= 0.6 is 0 Å². The van der Waals surface area contributed by atoms with E-state index in [1.54, 1.807) is 25.1 Å². The molecule has 262 valence electrons. The third kappa shape index (κ3) is 9.49. The van der Waals surface area contributed by atoms with Crippen molar-refractivity contribution in [3.8, 4) is 5.75 Å². The van der Waals surface area contributed by atoms with E-state index < -0.39 is 29.9 Å². The molecule has 4 aromatic carbocycles. The monoisotopic (exact) mass is 700 g/mol. The molecule has 0 spiro atoms. The molecule has 20 nitrogen and oxygen atoms in total. The summed E-state index contributed by atoms with van der Waals surface area (Å²) in [6.45, 7) is 1.72. The molecule has 0 bridgehead atoms. The summed E-state index contributed by atoms with van der Waals surface area (Å²) >= 11 is 0. The Labute approximate surface area is 287 Å². The average molecular weight is 701 g/mol. The van der Waals surface area contributed by atoms with Crippen LogP contribution in [0.5, 0.6) is 5.75 Å². The van der Waals surface area contributed by atoms with Gasteiger partial charge in [0.2, 0.25) is 0 Å². The van der Waals surface area contributed by atoms with Crippen LogP contribution in [0.3, 0.4) is 0 Å². The standard InChI is InChI=1S/C31H28N10O10/c1-15-7-20(38-40-22-10-16(27(42)48-32)8-17(11-22)28(43)49-33)3-5-24(15)36-31(46)37-25-6-4-21(14-26(25)47-2)39-41-23-12-18(29(44)50-34)9-19(13-23)30(45)51-35/h3-14H,32-35H2,1-2H3,(H2,36,37,46). The second-order valence-electron chi connectivity index (χ2n) is 10.0. The molecule has 0 fully saturated rings. The van der Waals surface area contributed by atoms with Crippen LogP contribution in [-0.4, -0.2) is 37.0 Å². The van der Waals surface area contributed by atoms with Crippen molar-refractivity contribution in [2.45, 2.75) is 6.92 Å². The first-order valence-corrected chi connectivity index (χ1v) is 14.1. The number of amides is 2. The number of nitrogens with two attached hydrogens (primary N) is 4. The fourth-order valence-corrected chi connectivity index (χ4v) is 4.28. The molecule has 0 saturated heterocycles. The van der Waals surface area contributed by atoms with Crippen LogP contribution in [0.1, 0.15) is 47.0 Å². The SMILES string of the molecule is COc1cc(N=Nc2cc(C(=O)ON)cc(C(=O)ON)c2)ccc1NC(=O)Nc1ccc(N=Nc2cc(C(=O)ON)cc(C(=O)ON)c2)cc1C. The third-order valence-electron chi connectivity index (χ3n) is 6.66. The highest BCUT2D eigenvalue weighted by Gasteiger charge is 2.17. The van der Waals surface area contributed by atoms with Gasteiger partial charge in [0, 0.05) is 11.8 Å². The molecular formula is C31H28N10O10. The van der Waals surface area contributed by atoms with Gasteiger partial charge in [-0.3, -0.25) is 0 Å². The van der Waals surface area contributed by atoms with Gasteiger partial charge in [0.05, 0.1) is 57.8 Å². The van der Waals surface area contributed by atoms with E-state index in [4.69, 9.17) is 28.3 Å². The summed E-state index contributed by atoms with van der Waals surface area (Å²) in [5.74, 6) is 16.3. The predicted molar refractivity (Wildman–Crippen MR) is 176 cm³/mol. The first kappa shape index (κ1) is 36.7. The first-order valence-electron chi connectivity index (χ1n) is 14.1. The van der Waals surface area contributed by atoms with Crippen molar-refractivity contribution in [1.82, 2.24) is 0 Å². The number of azo groups is 2. The summed E-state index contributed by atoms with van der Waals surface area (Å²) in [7, 11) is 1.38. The van der Waals surface area contributed by atoms with Crippen molar-refractivity contribution in [3.63, 3.8) is 0 Å². The zero-order valence-corrected chi connectivity index (χ0v) is 26.6. The van der Waals surface area contributed by atoms with Gasteiger partial charge in [0.25, 0.3) is 0 Å². The van der Waals surface area contributed by atoms with E-state index in [0.29, 0.717) is 16.9 Å². The van der Waals surface area contributed by atoms with Gasteiger partial charge in [-0.25, -0.2) is 24.0 Å². The zero-order chi connectivity index (χ0) is 37.1. The molecule has 20 heteroatoms. The van der Waals surface area contributed by atoms with Gasteiger partial charge in [0.15, 0.2) is 0 Å². The lowest BCUT2D eigenvalue weighted by Gasteiger charge is -2.13. The molecular weight excluding hydrogens is 672 g/mol. The number of rotatable bonds is 11.